The van der Waals surface area contributed by atoms with Crippen LogP contribution in [0.4, 0.5) is 16.2 Å². The van der Waals surface area contributed by atoms with Crippen LogP contribution in [-0.2, 0) is 11.3 Å². The van der Waals surface area contributed by atoms with E-state index in [0.717, 1.165) is 29.0 Å². The highest BCUT2D eigenvalue weighted by Gasteiger charge is 2.27. The van der Waals surface area contributed by atoms with Crippen LogP contribution in [0, 0.1) is 12.8 Å². The van der Waals surface area contributed by atoms with Gasteiger partial charge in [-0.15, -0.1) is 0 Å². The maximum atomic E-state index is 12.7. The van der Waals surface area contributed by atoms with Gasteiger partial charge in [0.05, 0.1) is 6.33 Å². The van der Waals surface area contributed by atoms with Crippen LogP contribution >= 0.6 is 0 Å². The van der Waals surface area contributed by atoms with Crippen LogP contribution in [0.15, 0.2) is 67.3 Å². The van der Waals surface area contributed by atoms with Crippen molar-refractivity contribution >= 4 is 23.3 Å². The Kier molecular flexibility index (Phi) is 6.31. The molecule has 0 spiro atoms. The average molecular weight is 418 g/mol. The maximum absolute atomic E-state index is 12.7. The Morgan fingerprint density at radius 2 is 1.81 bits per heavy atom. The van der Waals surface area contributed by atoms with E-state index in [4.69, 9.17) is 0 Å². The lowest BCUT2D eigenvalue weighted by Crippen LogP contribution is -2.43. The van der Waals surface area contributed by atoms with Crippen LogP contribution in [0.5, 0.6) is 0 Å². The van der Waals surface area contributed by atoms with Crippen LogP contribution in [0.1, 0.15) is 24.0 Å². The molecule has 0 radical (unpaired) electrons. The topological polar surface area (TPSA) is 79.3 Å². The van der Waals surface area contributed by atoms with E-state index in [1.807, 2.05) is 66.2 Å². The molecular formula is C24H27N5O2. The number of benzene rings is 2. The second kappa shape index (κ2) is 9.47. The number of anilines is 2. The molecule has 160 valence electrons. The van der Waals surface area contributed by atoms with Crippen molar-refractivity contribution in [2.45, 2.75) is 26.3 Å². The zero-order chi connectivity index (χ0) is 21.6. The number of imidazole rings is 1. The highest BCUT2D eigenvalue weighted by Crippen LogP contribution is 2.21. The Balaban J connectivity index is 1.25. The lowest BCUT2D eigenvalue weighted by atomic mass is 9.96. The van der Waals surface area contributed by atoms with Gasteiger partial charge in [-0.2, -0.15) is 0 Å². The van der Waals surface area contributed by atoms with Crippen molar-refractivity contribution in [3.8, 4) is 0 Å². The molecule has 1 fully saturated rings. The smallest absolute Gasteiger partial charge is 0.321 e. The molecule has 2 heterocycles. The Labute approximate surface area is 182 Å². The first-order valence-electron chi connectivity index (χ1n) is 10.5. The molecule has 1 aromatic heterocycles. The summed E-state index contributed by atoms with van der Waals surface area (Å²) in [7, 11) is 0. The molecule has 1 aliphatic heterocycles. The number of nitrogens with one attached hydrogen (secondary N) is 2. The summed E-state index contributed by atoms with van der Waals surface area (Å²) >= 11 is 0. The van der Waals surface area contributed by atoms with E-state index in [1.54, 1.807) is 17.4 Å². The molecule has 0 saturated carbocycles. The predicted molar refractivity (Wildman–Crippen MR) is 121 cm³/mol. The third kappa shape index (κ3) is 5.51. The lowest BCUT2D eigenvalue weighted by Gasteiger charge is -2.31. The van der Waals surface area contributed by atoms with Crippen molar-refractivity contribution < 1.29 is 9.59 Å². The summed E-state index contributed by atoms with van der Waals surface area (Å²) in [5, 5.41) is 5.95. The van der Waals surface area contributed by atoms with Crippen molar-refractivity contribution in [2.24, 2.45) is 5.92 Å². The number of amides is 3. The summed E-state index contributed by atoms with van der Waals surface area (Å²) in [5.41, 5.74) is 3.83. The molecule has 1 saturated heterocycles. The summed E-state index contributed by atoms with van der Waals surface area (Å²) in [6, 6.07) is 15.5. The minimum absolute atomic E-state index is 0.0149. The number of urea groups is 1. The predicted octanol–water partition coefficient (Wildman–Crippen LogP) is 4.12. The summed E-state index contributed by atoms with van der Waals surface area (Å²) in [4.78, 5) is 31.0. The fourth-order valence-corrected chi connectivity index (χ4v) is 3.80. The van der Waals surface area contributed by atoms with Crippen LogP contribution in [0.3, 0.4) is 0 Å². The Morgan fingerprint density at radius 3 is 2.48 bits per heavy atom. The maximum Gasteiger partial charge on any atom is 0.321 e. The molecule has 31 heavy (non-hydrogen) atoms. The highest BCUT2D eigenvalue weighted by atomic mass is 16.2. The second-order valence-electron chi connectivity index (χ2n) is 7.98. The van der Waals surface area contributed by atoms with Gasteiger partial charge in [0.25, 0.3) is 0 Å². The van der Waals surface area contributed by atoms with Gasteiger partial charge in [0.2, 0.25) is 5.91 Å². The zero-order valence-corrected chi connectivity index (χ0v) is 17.6. The van der Waals surface area contributed by atoms with E-state index < -0.39 is 0 Å². The van der Waals surface area contributed by atoms with Gasteiger partial charge in [0, 0.05) is 49.3 Å². The van der Waals surface area contributed by atoms with Gasteiger partial charge in [-0.3, -0.25) is 4.79 Å². The van der Waals surface area contributed by atoms with Crippen LogP contribution < -0.4 is 10.6 Å². The molecule has 1 aliphatic rings. The zero-order valence-electron chi connectivity index (χ0n) is 17.6. The lowest BCUT2D eigenvalue weighted by molar-refractivity contribution is -0.121. The molecule has 0 aliphatic carbocycles. The van der Waals surface area contributed by atoms with Crippen molar-refractivity contribution in [3.05, 3.63) is 78.4 Å². The fourth-order valence-electron chi connectivity index (χ4n) is 3.80. The van der Waals surface area contributed by atoms with Crippen molar-refractivity contribution in [1.82, 2.24) is 14.5 Å². The van der Waals surface area contributed by atoms with E-state index in [2.05, 4.69) is 15.6 Å². The van der Waals surface area contributed by atoms with Crippen molar-refractivity contribution in [3.63, 3.8) is 0 Å². The first-order valence-corrected chi connectivity index (χ1v) is 10.5. The quantitative estimate of drug-likeness (QED) is 0.655. The van der Waals surface area contributed by atoms with Crippen LogP contribution in [0.25, 0.3) is 0 Å². The first-order chi connectivity index (χ1) is 15.1. The number of carbonyl (C=O) groups is 2. The highest BCUT2D eigenvalue weighted by molar-refractivity contribution is 5.93. The third-order valence-corrected chi connectivity index (χ3v) is 5.57. The summed E-state index contributed by atoms with van der Waals surface area (Å²) in [6.45, 7) is 3.88. The molecule has 2 N–H and O–H groups in total. The Morgan fingerprint density at radius 1 is 1.03 bits per heavy atom. The molecule has 0 bridgehead atoms. The van der Waals surface area contributed by atoms with E-state index in [-0.39, 0.29) is 17.9 Å². The summed E-state index contributed by atoms with van der Waals surface area (Å²) in [5.74, 6) is -0.0743. The molecule has 4 rings (SSSR count). The molecule has 3 aromatic rings. The van der Waals surface area contributed by atoms with Gasteiger partial charge in [0.1, 0.15) is 0 Å². The Hall–Kier alpha value is -3.61. The van der Waals surface area contributed by atoms with Crippen LogP contribution in [0.2, 0.25) is 0 Å². The first kappa shape index (κ1) is 20.7. The number of likely N-dealkylation sites (tertiary alicyclic amines) is 1. The van der Waals surface area contributed by atoms with E-state index in [0.29, 0.717) is 25.9 Å². The molecule has 3 amide bonds. The summed E-state index contributed by atoms with van der Waals surface area (Å²) < 4.78 is 2.00. The number of nitrogens with zero attached hydrogens (tertiary/aromatic N) is 3. The number of aryl methyl sites for hydroxylation is 1. The molecule has 0 atom stereocenters. The van der Waals surface area contributed by atoms with Gasteiger partial charge in [-0.1, -0.05) is 24.3 Å². The molecule has 7 nitrogen and oxygen atoms in total. The van der Waals surface area contributed by atoms with Gasteiger partial charge in [-0.25, -0.2) is 9.78 Å². The fraction of sp³-hybridized carbons (Fsp3) is 0.292. The second-order valence-corrected chi connectivity index (χ2v) is 7.98. The Bertz CT molecular complexity index is 1020. The van der Waals surface area contributed by atoms with Crippen molar-refractivity contribution in [2.75, 3.05) is 23.7 Å². The number of carbonyl (C=O) groups excluding carboxylic acids is 2. The van der Waals surface area contributed by atoms with E-state index >= 15 is 0 Å². The van der Waals surface area contributed by atoms with Gasteiger partial charge in [0.15, 0.2) is 0 Å². The van der Waals surface area contributed by atoms with Crippen molar-refractivity contribution in [1.29, 1.82) is 0 Å². The summed E-state index contributed by atoms with van der Waals surface area (Å²) in [6.07, 6.45) is 6.77. The van der Waals surface area contributed by atoms with Gasteiger partial charge < -0.3 is 20.1 Å². The number of piperidine rings is 1. The molecule has 2 aromatic carbocycles. The van der Waals surface area contributed by atoms with Crippen LogP contribution in [-0.4, -0.2) is 39.5 Å². The SMILES string of the molecule is Cc1cccc(NC(=O)N2CCC(C(=O)Nc3ccc(Cn4ccnc4)cc3)CC2)c1. The van der Waals surface area contributed by atoms with E-state index in [9.17, 15) is 9.59 Å². The van der Waals surface area contributed by atoms with Gasteiger partial charge in [-0.05, 0) is 55.2 Å². The number of aromatic nitrogens is 2. The minimum atomic E-state index is -0.113. The minimum Gasteiger partial charge on any atom is -0.333 e. The molecule has 0 unspecified atom stereocenters. The largest absolute Gasteiger partial charge is 0.333 e. The third-order valence-electron chi connectivity index (χ3n) is 5.57. The number of hydrogen-bond donors (Lipinski definition) is 2. The number of rotatable bonds is 5. The standard InChI is InChI=1S/C24H27N5O2/c1-18-3-2-4-22(15-18)27-24(31)29-12-9-20(10-13-29)23(30)26-21-7-5-19(6-8-21)16-28-14-11-25-17-28/h2-8,11,14-15,17,20H,9-10,12-13,16H2,1H3,(H,26,30)(H,27,31). The number of hydrogen-bond acceptors (Lipinski definition) is 3. The van der Waals surface area contributed by atoms with E-state index in [1.165, 1.54) is 0 Å². The van der Waals surface area contributed by atoms with Gasteiger partial charge >= 0.3 is 6.03 Å². The molecular weight excluding hydrogens is 390 g/mol. The normalized spacial score (nSPS) is 14.3. The monoisotopic (exact) mass is 417 g/mol. The molecule has 7 heteroatoms. The average Bonchev–Trinajstić information content (AvgIpc) is 3.28.